The van der Waals surface area contributed by atoms with E-state index >= 15 is 0 Å². The van der Waals surface area contributed by atoms with Gasteiger partial charge in [-0.2, -0.15) is 0 Å². The lowest BCUT2D eigenvalue weighted by Crippen LogP contribution is -2.45. The molecular weight excluding hydrogens is 400 g/mol. The number of hydrogen-bond acceptors (Lipinski definition) is 6. The van der Waals surface area contributed by atoms with E-state index < -0.39 is 12.1 Å². The third-order valence-electron chi connectivity index (χ3n) is 3.88. The first-order chi connectivity index (χ1) is 13.2. The zero-order valence-corrected chi connectivity index (χ0v) is 18.5. The predicted octanol–water partition coefficient (Wildman–Crippen LogP) is 2.79. The highest BCUT2D eigenvalue weighted by Gasteiger charge is 2.18. The van der Waals surface area contributed by atoms with Gasteiger partial charge in [-0.25, -0.2) is 9.59 Å². The molecule has 1 aliphatic rings. The van der Waals surface area contributed by atoms with Crippen molar-refractivity contribution in [2.75, 3.05) is 18.1 Å². The van der Waals surface area contributed by atoms with Crippen molar-refractivity contribution < 1.29 is 19.2 Å². The Balaban J connectivity index is 2.02. The van der Waals surface area contributed by atoms with Gasteiger partial charge in [-0.15, -0.1) is 0 Å². The van der Waals surface area contributed by atoms with E-state index in [1.165, 1.54) is 28.0 Å². The van der Waals surface area contributed by atoms with Gasteiger partial charge in [0.25, 0.3) is 0 Å². The van der Waals surface area contributed by atoms with Crippen molar-refractivity contribution in [3.8, 4) is 0 Å². The number of hydrogen-bond donors (Lipinski definition) is 4. The van der Waals surface area contributed by atoms with Crippen molar-refractivity contribution in [3.05, 3.63) is 0 Å². The Morgan fingerprint density at radius 2 is 1.54 bits per heavy atom. The summed E-state index contributed by atoms with van der Waals surface area (Å²) >= 11 is 0. The van der Waals surface area contributed by atoms with Crippen LogP contribution in [-0.4, -0.2) is 48.0 Å². The highest BCUT2D eigenvalue weighted by Crippen LogP contribution is 2.20. The minimum atomic E-state index is -0.517. The van der Waals surface area contributed by atoms with Gasteiger partial charge in [0.05, 0.1) is 5.75 Å². The number of nitrogens with one attached hydrogen (secondary N) is 4. The molecular formula is C18H32N4O4S2. The Labute approximate surface area is 174 Å². The van der Waals surface area contributed by atoms with E-state index in [4.69, 9.17) is 0 Å². The second kappa shape index (κ2) is 12.9. The third kappa shape index (κ3) is 12.9. The molecule has 0 aromatic carbocycles. The SMILES string of the molecule is CC(C)(C)CC(=O)NC(=O)NCCSSCC(=O)NC(=O)NC1CCCCC1. The van der Waals surface area contributed by atoms with Crippen LogP contribution in [0.1, 0.15) is 59.3 Å². The lowest BCUT2D eigenvalue weighted by molar-refractivity contribution is -0.121. The molecule has 0 aromatic rings. The van der Waals surface area contributed by atoms with Gasteiger partial charge in [-0.1, -0.05) is 61.6 Å². The maximum atomic E-state index is 11.8. The third-order valence-corrected chi connectivity index (χ3v) is 6.15. The number of rotatable bonds is 8. The molecule has 10 heteroatoms. The number of carbonyl (C=O) groups excluding carboxylic acids is 4. The van der Waals surface area contributed by atoms with Crippen LogP contribution in [0, 0.1) is 5.41 Å². The first-order valence-corrected chi connectivity index (χ1v) is 12.1. The highest BCUT2D eigenvalue weighted by atomic mass is 33.1. The minimum Gasteiger partial charge on any atom is -0.337 e. The second-order valence-corrected chi connectivity index (χ2v) is 10.6. The van der Waals surface area contributed by atoms with Crippen molar-refractivity contribution in [1.29, 1.82) is 0 Å². The summed E-state index contributed by atoms with van der Waals surface area (Å²) < 4.78 is 0. The lowest BCUT2D eigenvalue weighted by atomic mass is 9.92. The van der Waals surface area contributed by atoms with Crippen molar-refractivity contribution in [2.24, 2.45) is 5.41 Å². The van der Waals surface area contributed by atoms with Crippen molar-refractivity contribution in [1.82, 2.24) is 21.3 Å². The summed E-state index contributed by atoms with van der Waals surface area (Å²) in [6, 6.07) is -0.784. The molecule has 1 saturated carbocycles. The van der Waals surface area contributed by atoms with Crippen LogP contribution in [-0.2, 0) is 9.59 Å². The molecule has 28 heavy (non-hydrogen) atoms. The summed E-state index contributed by atoms with van der Waals surface area (Å²) in [5, 5.41) is 10.1. The average Bonchev–Trinajstić information content (AvgIpc) is 2.56. The molecule has 0 bridgehead atoms. The topological polar surface area (TPSA) is 116 Å². The molecule has 0 atom stereocenters. The molecule has 0 heterocycles. The monoisotopic (exact) mass is 432 g/mol. The molecule has 6 amide bonds. The van der Waals surface area contributed by atoms with E-state index in [1.54, 1.807) is 0 Å². The number of amides is 6. The van der Waals surface area contributed by atoms with E-state index in [9.17, 15) is 19.2 Å². The lowest BCUT2D eigenvalue weighted by Gasteiger charge is -2.22. The Morgan fingerprint density at radius 1 is 0.893 bits per heavy atom. The van der Waals surface area contributed by atoms with Crippen LogP contribution in [0.4, 0.5) is 9.59 Å². The van der Waals surface area contributed by atoms with E-state index in [0.717, 1.165) is 25.7 Å². The Kier molecular flexibility index (Phi) is 11.4. The van der Waals surface area contributed by atoms with Gasteiger partial charge >= 0.3 is 12.1 Å². The fourth-order valence-corrected chi connectivity index (χ4v) is 4.43. The molecule has 0 spiro atoms. The molecule has 4 N–H and O–H groups in total. The fourth-order valence-electron chi connectivity index (χ4n) is 2.69. The zero-order chi connectivity index (χ0) is 21.0. The first kappa shape index (κ1) is 24.6. The van der Waals surface area contributed by atoms with Gasteiger partial charge < -0.3 is 10.6 Å². The molecule has 0 unspecified atom stereocenters. The molecule has 160 valence electrons. The second-order valence-electron chi connectivity index (χ2n) is 7.98. The molecule has 0 aromatic heterocycles. The van der Waals surface area contributed by atoms with Crippen LogP contribution in [0.25, 0.3) is 0 Å². The number of imide groups is 2. The fraction of sp³-hybridized carbons (Fsp3) is 0.778. The van der Waals surface area contributed by atoms with Gasteiger partial charge in [0.15, 0.2) is 0 Å². The van der Waals surface area contributed by atoms with Gasteiger partial charge in [0.2, 0.25) is 11.8 Å². The van der Waals surface area contributed by atoms with Gasteiger partial charge in [-0.05, 0) is 18.3 Å². The largest absolute Gasteiger partial charge is 0.337 e. The van der Waals surface area contributed by atoms with Crippen LogP contribution in [0.3, 0.4) is 0 Å². The van der Waals surface area contributed by atoms with Crippen LogP contribution in [0.2, 0.25) is 0 Å². The van der Waals surface area contributed by atoms with Crippen molar-refractivity contribution >= 4 is 45.5 Å². The normalized spacial score (nSPS) is 14.8. The first-order valence-electron chi connectivity index (χ1n) is 9.58. The summed E-state index contributed by atoms with van der Waals surface area (Å²) in [6.07, 6.45) is 5.64. The zero-order valence-electron chi connectivity index (χ0n) is 16.9. The van der Waals surface area contributed by atoms with Gasteiger partial charge in [0.1, 0.15) is 0 Å². The quantitative estimate of drug-likeness (QED) is 0.346. The van der Waals surface area contributed by atoms with Crippen molar-refractivity contribution in [2.45, 2.75) is 65.3 Å². The summed E-state index contributed by atoms with van der Waals surface area (Å²) in [7, 11) is 2.72. The molecule has 0 radical (unpaired) electrons. The van der Waals surface area contributed by atoms with E-state index in [2.05, 4.69) is 21.3 Å². The molecule has 0 aliphatic heterocycles. The predicted molar refractivity (Wildman–Crippen MR) is 114 cm³/mol. The average molecular weight is 433 g/mol. The number of carbonyl (C=O) groups is 4. The van der Waals surface area contributed by atoms with Gasteiger partial charge in [0, 0.05) is 24.8 Å². The Morgan fingerprint density at radius 3 is 2.18 bits per heavy atom. The molecule has 0 saturated heterocycles. The highest BCUT2D eigenvalue weighted by molar-refractivity contribution is 8.76. The molecule has 1 aliphatic carbocycles. The minimum absolute atomic E-state index is 0.152. The van der Waals surface area contributed by atoms with Crippen LogP contribution >= 0.6 is 21.6 Å². The summed E-state index contributed by atoms with van der Waals surface area (Å²) in [5.74, 6) is 0.0750. The summed E-state index contributed by atoms with van der Waals surface area (Å²) in [5.41, 5.74) is -0.176. The van der Waals surface area contributed by atoms with E-state index in [-0.39, 0.29) is 35.4 Å². The number of urea groups is 2. The maximum Gasteiger partial charge on any atom is 0.321 e. The standard InChI is InChI=1S/C18H32N4O4S2/c1-18(2,3)11-14(23)21-16(25)19-9-10-27-28-12-15(24)22-17(26)20-13-7-5-4-6-8-13/h13H,4-12H2,1-3H3,(H2,19,21,23,25)(H2,20,22,24,26). The van der Waals surface area contributed by atoms with Gasteiger partial charge in [-0.3, -0.25) is 20.2 Å². The van der Waals surface area contributed by atoms with Crippen molar-refractivity contribution in [3.63, 3.8) is 0 Å². The Bertz CT molecular complexity index is 546. The van der Waals surface area contributed by atoms with Crippen LogP contribution in [0.5, 0.6) is 0 Å². The molecule has 1 fully saturated rings. The van der Waals surface area contributed by atoms with Crippen LogP contribution in [0.15, 0.2) is 0 Å². The molecule has 8 nitrogen and oxygen atoms in total. The maximum absolute atomic E-state index is 11.8. The molecule has 1 rings (SSSR count). The van der Waals surface area contributed by atoms with E-state index in [1.807, 2.05) is 20.8 Å². The summed E-state index contributed by atoms with van der Waals surface area (Å²) in [6.45, 7) is 6.15. The smallest absolute Gasteiger partial charge is 0.321 e. The van der Waals surface area contributed by atoms with Crippen LogP contribution < -0.4 is 21.3 Å². The Hall–Kier alpha value is -1.42. The van der Waals surface area contributed by atoms with E-state index in [0.29, 0.717) is 12.3 Å². The summed E-state index contributed by atoms with van der Waals surface area (Å²) in [4.78, 5) is 46.7.